The van der Waals surface area contributed by atoms with Crippen LogP contribution in [0.25, 0.3) is 11.0 Å². The molecule has 0 radical (unpaired) electrons. The van der Waals surface area contributed by atoms with E-state index in [4.69, 9.17) is 4.42 Å². The number of rotatable bonds is 3. The van der Waals surface area contributed by atoms with Gasteiger partial charge in [-0.2, -0.15) is 0 Å². The van der Waals surface area contributed by atoms with Crippen molar-refractivity contribution in [3.63, 3.8) is 0 Å². The van der Waals surface area contributed by atoms with Gasteiger partial charge in [0.1, 0.15) is 11.3 Å². The van der Waals surface area contributed by atoms with E-state index in [1.54, 1.807) is 0 Å². The first-order valence-corrected chi connectivity index (χ1v) is 8.17. The fraction of sp³-hybridized carbons (Fsp3) is 0.500. The molecular formula is C18H24N2O3. The molecule has 1 fully saturated rings. The largest absolute Gasteiger partial charge is 0.461 e. The molecule has 3 rings (SSSR count). The predicted molar refractivity (Wildman–Crippen MR) is 89.6 cm³/mol. The number of hydrogen-bond acceptors (Lipinski definition) is 4. The van der Waals surface area contributed by atoms with Crippen LogP contribution in [0, 0.1) is 6.92 Å². The Hall–Kier alpha value is -1.85. The summed E-state index contributed by atoms with van der Waals surface area (Å²) < 4.78 is 5.73. The van der Waals surface area contributed by atoms with Gasteiger partial charge in [0.15, 0.2) is 0 Å². The Morgan fingerprint density at radius 1 is 1.26 bits per heavy atom. The first kappa shape index (κ1) is 16.0. The van der Waals surface area contributed by atoms with E-state index in [1.807, 2.05) is 36.1 Å². The van der Waals surface area contributed by atoms with E-state index in [0.29, 0.717) is 31.0 Å². The molecular weight excluding hydrogens is 292 g/mol. The molecule has 1 aliphatic rings. The molecule has 5 nitrogen and oxygen atoms in total. The lowest BCUT2D eigenvalue weighted by atomic mass is 10.0. The molecule has 1 aliphatic heterocycles. The number of β-amino-alcohol motifs (C(OH)–C–C–N with tert-alkyl or cyclic N) is 1. The summed E-state index contributed by atoms with van der Waals surface area (Å²) in [5.74, 6) is 0.712. The highest BCUT2D eigenvalue weighted by molar-refractivity contribution is 6.07. The number of nitrogens with zero attached hydrogens (tertiary/aromatic N) is 2. The monoisotopic (exact) mass is 316 g/mol. The highest BCUT2D eigenvalue weighted by atomic mass is 16.3. The van der Waals surface area contributed by atoms with Gasteiger partial charge in [0.05, 0.1) is 12.2 Å². The molecule has 0 spiro atoms. The first-order chi connectivity index (χ1) is 11.0. The molecule has 0 saturated carbocycles. The van der Waals surface area contributed by atoms with Crippen molar-refractivity contribution in [2.24, 2.45) is 0 Å². The summed E-state index contributed by atoms with van der Waals surface area (Å²) in [6.07, 6.45) is 0. The minimum Gasteiger partial charge on any atom is -0.461 e. The highest BCUT2D eigenvalue weighted by Crippen LogP contribution is 2.28. The lowest BCUT2D eigenvalue weighted by molar-refractivity contribution is 0.0236. The van der Waals surface area contributed by atoms with Gasteiger partial charge >= 0.3 is 0 Å². The number of hydrogen-bond donors (Lipinski definition) is 1. The van der Waals surface area contributed by atoms with Gasteiger partial charge in [-0.05, 0) is 26.8 Å². The van der Waals surface area contributed by atoms with Gasteiger partial charge in [-0.25, -0.2) is 0 Å². The van der Waals surface area contributed by atoms with Crippen LogP contribution < -0.4 is 0 Å². The Balaban J connectivity index is 1.87. The van der Waals surface area contributed by atoms with Crippen LogP contribution in [0.5, 0.6) is 0 Å². The summed E-state index contributed by atoms with van der Waals surface area (Å²) >= 11 is 0. The molecule has 2 atom stereocenters. The van der Waals surface area contributed by atoms with Crippen molar-refractivity contribution in [3.05, 3.63) is 35.6 Å². The average Bonchev–Trinajstić information content (AvgIpc) is 2.85. The minimum atomic E-state index is 0.0369. The fourth-order valence-corrected chi connectivity index (χ4v) is 3.67. The van der Waals surface area contributed by atoms with Gasteiger partial charge in [0.2, 0.25) is 0 Å². The summed E-state index contributed by atoms with van der Waals surface area (Å²) in [6, 6.07) is 8.13. The minimum absolute atomic E-state index is 0.0369. The standard InChI is InChI=1S/C18H24N2O3/c1-12-10-19(11-13(2)20(12)8-9-21)18(22)17-14(3)23-16-7-5-4-6-15(16)17/h4-7,12-13,21H,8-11H2,1-3H3/t12-,13+. The number of aliphatic hydroxyl groups excluding tert-OH is 1. The second kappa shape index (κ2) is 6.34. The maximum atomic E-state index is 13.0. The van der Waals surface area contributed by atoms with E-state index in [-0.39, 0.29) is 24.6 Å². The van der Waals surface area contributed by atoms with Crippen molar-refractivity contribution >= 4 is 16.9 Å². The molecule has 5 heteroatoms. The van der Waals surface area contributed by atoms with Crippen molar-refractivity contribution in [2.75, 3.05) is 26.2 Å². The van der Waals surface area contributed by atoms with Crippen LogP contribution in [0.2, 0.25) is 0 Å². The van der Waals surface area contributed by atoms with Crippen LogP contribution >= 0.6 is 0 Å². The van der Waals surface area contributed by atoms with Crippen molar-refractivity contribution in [1.82, 2.24) is 9.80 Å². The van der Waals surface area contributed by atoms with Gasteiger partial charge in [-0.3, -0.25) is 9.69 Å². The molecule has 1 N–H and O–H groups in total. The molecule has 0 aliphatic carbocycles. The van der Waals surface area contributed by atoms with Gasteiger partial charge in [0, 0.05) is 37.1 Å². The normalized spacial score (nSPS) is 22.7. The number of fused-ring (bicyclic) bond motifs is 1. The number of aryl methyl sites for hydroxylation is 1. The quantitative estimate of drug-likeness (QED) is 0.944. The number of carbonyl (C=O) groups excluding carboxylic acids is 1. The van der Waals surface area contributed by atoms with Crippen LogP contribution in [0.15, 0.2) is 28.7 Å². The third-order valence-corrected chi connectivity index (χ3v) is 4.73. The number of piperazine rings is 1. The molecule has 1 aromatic heterocycles. The lowest BCUT2D eigenvalue weighted by Gasteiger charge is -2.44. The van der Waals surface area contributed by atoms with Crippen molar-refractivity contribution in [3.8, 4) is 0 Å². The van der Waals surface area contributed by atoms with Crippen LogP contribution in [-0.2, 0) is 0 Å². The molecule has 1 saturated heterocycles. The Labute approximate surface area is 136 Å². The molecule has 124 valence electrons. The van der Waals surface area contributed by atoms with Crippen LogP contribution in [0.1, 0.15) is 30.0 Å². The summed E-state index contributed by atoms with van der Waals surface area (Å²) in [6.45, 7) is 8.19. The van der Waals surface area contributed by atoms with E-state index < -0.39 is 0 Å². The maximum Gasteiger partial charge on any atom is 0.258 e. The van der Waals surface area contributed by atoms with Crippen molar-refractivity contribution in [2.45, 2.75) is 32.9 Å². The Bertz CT molecular complexity index is 697. The SMILES string of the molecule is Cc1oc2ccccc2c1C(=O)N1C[C@@H](C)N(CCO)[C@@H](C)C1. The van der Waals surface area contributed by atoms with Gasteiger partial charge < -0.3 is 14.4 Å². The second-order valence-corrected chi connectivity index (χ2v) is 6.40. The number of aliphatic hydroxyl groups is 1. The summed E-state index contributed by atoms with van der Waals surface area (Å²) in [7, 11) is 0. The van der Waals surface area contributed by atoms with E-state index >= 15 is 0 Å². The topological polar surface area (TPSA) is 56.9 Å². The summed E-state index contributed by atoms with van der Waals surface area (Å²) in [5, 5.41) is 10.1. The zero-order chi connectivity index (χ0) is 16.6. The van der Waals surface area contributed by atoms with Crippen molar-refractivity contribution < 1.29 is 14.3 Å². The second-order valence-electron chi connectivity index (χ2n) is 6.40. The number of benzene rings is 1. The Morgan fingerprint density at radius 3 is 2.57 bits per heavy atom. The number of carbonyl (C=O) groups is 1. The first-order valence-electron chi connectivity index (χ1n) is 8.17. The molecule has 2 aromatic rings. The number of amides is 1. The zero-order valence-electron chi connectivity index (χ0n) is 14.0. The predicted octanol–water partition coefficient (Wildman–Crippen LogP) is 2.27. The van der Waals surface area contributed by atoms with E-state index in [1.165, 1.54) is 0 Å². The maximum absolute atomic E-state index is 13.0. The number of para-hydroxylation sites is 1. The molecule has 1 aromatic carbocycles. The van der Waals surface area contributed by atoms with Crippen LogP contribution in [-0.4, -0.2) is 59.1 Å². The van der Waals surface area contributed by atoms with E-state index in [0.717, 1.165) is 11.0 Å². The average molecular weight is 316 g/mol. The summed E-state index contributed by atoms with van der Waals surface area (Å²) in [5.41, 5.74) is 1.43. The third-order valence-electron chi connectivity index (χ3n) is 4.73. The molecule has 2 heterocycles. The van der Waals surface area contributed by atoms with Crippen LogP contribution in [0.4, 0.5) is 0 Å². The summed E-state index contributed by atoms with van der Waals surface area (Å²) in [4.78, 5) is 17.2. The van der Waals surface area contributed by atoms with Crippen LogP contribution in [0.3, 0.4) is 0 Å². The van der Waals surface area contributed by atoms with Gasteiger partial charge in [-0.15, -0.1) is 0 Å². The van der Waals surface area contributed by atoms with Gasteiger partial charge in [-0.1, -0.05) is 18.2 Å². The van der Waals surface area contributed by atoms with E-state index in [2.05, 4.69) is 18.7 Å². The number of furan rings is 1. The smallest absolute Gasteiger partial charge is 0.258 e. The Morgan fingerprint density at radius 2 is 1.91 bits per heavy atom. The molecule has 0 bridgehead atoms. The Kier molecular flexibility index (Phi) is 4.41. The molecule has 0 unspecified atom stereocenters. The third kappa shape index (κ3) is 2.86. The molecule has 23 heavy (non-hydrogen) atoms. The van der Waals surface area contributed by atoms with Gasteiger partial charge in [0.25, 0.3) is 5.91 Å². The zero-order valence-corrected chi connectivity index (χ0v) is 14.0. The lowest BCUT2D eigenvalue weighted by Crippen LogP contribution is -2.58. The van der Waals surface area contributed by atoms with Crippen molar-refractivity contribution in [1.29, 1.82) is 0 Å². The highest BCUT2D eigenvalue weighted by Gasteiger charge is 2.33. The fourth-order valence-electron chi connectivity index (χ4n) is 3.67. The molecule has 1 amide bonds. The van der Waals surface area contributed by atoms with E-state index in [9.17, 15) is 9.90 Å².